The average molecular weight is 400 g/mol. The Hall–Kier alpha value is -0.350. The van der Waals surface area contributed by atoms with Crippen molar-refractivity contribution in [3.8, 4) is 0 Å². The lowest BCUT2D eigenvalue weighted by Crippen LogP contribution is -2.36. The van der Waals surface area contributed by atoms with Crippen LogP contribution in [0, 0.1) is 0 Å². The molecule has 0 radical (unpaired) electrons. The van der Waals surface area contributed by atoms with Crippen molar-refractivity contribution < 1.29 is 35.2 Å². The number of allylic oxidation sites excluding steroid dienone is 2. The summed E-state index contributed by atoms with van der Waals surface area (Å²) in [5.74, 6) is 0. The molecule has 0 bridgehead atoms. The third-order valence-electron chi connectivity index (χ3n) is 2.37. The van der Waals surface area contributed by atoms with Crippen molar-refractivity contribution in [1.29, 1.82) is 0 Å². The number of sulfonamides is 1. The second-order valence-electron chi connectivity index (χ2n) is 3.49. The number of rotatable bonds is 4. The van der Waals surface area contributed by atoms with Crippen LogP contribution in [0.2, 0.25) is 0 Å². The van der Waals surface area contributed by atoms with E-state index in [1.54, 1.807) is 0 Å². The molecule has 0 aromatic rings. The van der Waals surface area contributed by atoms with Crippen LogP contribution >= 0.6 is 23.5 Å². The Balaban J connectivity index is 3.16. The highest BCUT2D eigenvalue weighted by atomic mass is 79.9. The summed E-state index contributed by atoms with van der Waals surface area (Å²) in [4.78, 5) is 0. The molecular weight excluding hydrogens is 390 g/mol. The van der Waals surface area contributed by atoms with Crippen LogP contribution in [0.25, 0.3) is 0 Å². The van der Waals surface area contributed by atoms with Gasteiger partial charge in [-0.05, 0) is 6.08 Å². The molecule has 1 aliphatic rings. The van der Waals surface area contributed by atoms with E-state index in [0.717, 1.165) is 20.3 Å². The van der Waals surface area contributed by atoms with E-state index in [-0.39, 0.29) is 8.79 Å². The Labute approximate surface area is 121 Å². The molecule has 0 fully saturated rings. The highest BCUT2D eigenvalue weighted by Gasteiger charge is 2.50. The van der Waals surface area contributed by atoms with Gasteiger partial charge >= 0.3 is 23.1 Å². The molecule has 0 amide bonds. The minimum absolute atomic E-state index is 0.0246. The van der Waals surface area contributed by atoms with Crippen molar-refractivity contribution in [3.63, 3.8) is 0 Å². The quantitative estimate of drug-likeness (QED) is 0.679. The second kappa shape index (κ2) is 5.80. The third kappa shape index (κ3) is 3.11. The van der Waals surface area contributed by atoms with E-state index in [0.29, 0.717) is 12.4 Å². The van der Waals surface area contributed by atoms with Gasteiger partial charge in [0.1, 0.15) is 5.66 Å². The fourth-order valence-corrected chi connectivity index (χ4v) is 4.57. The molecule has 0 N–H and O–H groups in total. The van der Waals surface area contributed by atoms with Crippen LogP contribution < -0.4 is 0 Å². The summed E-state index contributed by atoms with van der Waals surface area (Å²) in [6.45, 7) is 0. The summed E-state index contributed by atoms with van der Waals surface area (Å²) in [6.07, 6.45) is 2.28. The lowest BCUT2D eigenvalue weighted by atomic mass is 10.3. The molecule has 12 heteroatoms. The van der Waals surface area contributed by atoms with Gasteiger partial charge < -0.3 is 9.05 Å². The summed E-state index contributed by atoms with van der Waals surface area (Å²) in [5.41, 5.74) is -6.47. The van der Waals surface area contributed by atoms with Gasteiger partial charge in [0, 0.05) is 31.1 Å². The molecule has 1 aliphatic heterocycles. The van der Waals surface area contributed by atoms with Crippen molar-refractivity contribution in [2.75, 3.05) is 14.2 Å². The molecule has 20 heavy (non-hydrogen) atoms. The van der Waals surface area contributed by atoms with E-state index in [1.165, 1.54) is 0 Å². The van der Waals surface area contributed by atoms with Crippen LogP contribution in [0.15, 0.2) is 23.0 Å². The largest absolute Gasteiger partial charge is 0.517 e. The predicted molar refractivity (Wildman–Crippen MR) is 68.4 cm³/mol. The lowest BCUT2D eigenvalue weighted by Gasteiger charge is -2.27. The first-order chi connectivity index (χ1) is 8.99. The van der Waals surface area contributed by atoms with Crippen LogP contribution in [-0.2, 0) is 23.6 Å². The molecule has 1 rings (SSSR count). The van der Waals surface area contributed by atoms with Crippen molar-refractivity contribution in [2.24, 2.45) is 0 Å². The number of nitrogens with zero attached hydrogens (tertiary/aromatic N) is 1. The van der Waals surface area contributed by atoms with Gasteiger partial charge in [-0.2, -0.15) is 21.6 Å². The minimum atomic E-state index is -5.55. The molecule has 0 saturated heterocycles. The van der Waals surface area contributed by atoms with Gasteiger partial charge in [-0.1, -0.05) is 15.9 Å². The lowest BCUT2D eigenvalue weighted by molar-refractivity contribution is -0.0468. The zero-order chi connectivity index (χ0) is 15.8. The molecule has 116 valence electrons. The van der Waals surface area contributed by atoms with E-state index in [4.69, 9.17) is 9.05 Å². The maximum atomic E-state index is 12.4. The number of hydrogen-bond donors (Lipinski definition) is 0. The third-order valence-corrected chi connectivity index (χ3v) is 6.94. The van der Waals surface area contributed by atoms with Gasteiger partial charge in [-0.25, -0.2) is 4.31 Å². The van der Waals surface area contributed by atoms with Gasteiger partial charge in [-0.3, -0.25) is 4.57 Å². The van der Waals surface area contributed by atoms with Crippen molar-refractivity contribution in [3.05, 3.63) is 23.0 Å². The summed E-state index contributed by atoms with van der Waals surface area (Å²) < 4.78 is 81.0. The summed E-state index contributed by atoms with van der Waals surface area (Å²) in [5, 5.41) is 0. The second-order valence-corrected chi connectivity index (χ2v) is 8.60. The molecule has 1 unspecified atom stereocenters. The maximum Gasteiger partial charge on any atom is 0.517 e. The van der Waals surface area contributed by atoms with Crippen LogP contribution in [0.4, 0.5) is 13.2 Å². The standard InChI is InChI=1S/C8H10BrF3NO5PS/c1-17-19(14,18-2)7-3-4-13(5-6(7)9)20(15,16)8(10,11)12/h3-5,7H,1-2H3. The van der Waals surface area contributed by atoms with Crippen LogP contribution in [0.1, 0.15) is 0 Å². The Morgan fingerprint density at radius 1 is 1.35 bits per heavy atom. The van der Waals surface area contributed by atoms with Crippen molar-refractivity contribution in [2.45, 2.75) is 11.2 Å². The molecule has 1 atom stereocenters. The average Bonchev–Trinajstić information content (AvgIpc) is 2.36. The normalized spacial score (nSPS) is 21.0. The minimum Gasteiger partial charge on any atom is -0.311 e. The smallest absolute Gasteiger partial charge is 0.311 e. The van der Waals surface area contributed by atoms with E-state index in [1.807, 2.05) is 0 Å². The Bertz CT molecular complexity index is 579. The highest BCUT2D eigenvalue weighted by molar-refractivity contribution is 9.11. The number of halogens is 4. The number of alkyl halides is 3. The molecular formula is C8H10BrF3NO5PS. The SMILES string of the molecule is COP(=O)(OC)C1C=CN(S(=O)(=O)C(F)(F)F)C=C1Br. The van der Waals surface area contributed by atoms with E-state index in [9.17, 15) is 26.2 Å². The zero-order valence-corrected chi connectivity index (χ0v) is 13.5. The predicted octanol–water partition coefficient (Wildman–Crippen LogP) is 2.76. The van der Waals surface area contributed by atoms with Gasteiger partial charge in [0.15, 0.2) is 0 Å². The van der Waals surface area contributed by atoms with Crippen LogP contribution in [0.3, 0.4) is 0 Å². The van der Waals surface area contributed by atoms with Crippen LogP contribution in [-0.4, -0.2) is 38.1 Å². The first-order valence-corrected chi connectivity index (χ1v) is 8.70. The number of hydrogen-bond acceptors (Lipinski definition) is 5. The van der Waals surface area contributed by atoms with Gasteiger partial charge in [0.2, 0.25) is 0 Å². The topological polar surface area (TPSA) is 72.9 Å². The summed E-state index contributed by atoms with van der Waals surface area (Å²) in [7, 11) is -6.97. The molecule has 0 saturated carbocycles. The van der Waals surface area contributed by atoms with Gasteiger partial charge in [0.25, 0.3) is 0 Å². The first-order valence-electron chi connectivity index (χ1n) is 4.86. The molecule has 0 aromatic heterocycles. The van der Waals surface area contributed by atoms with Crippen LogP contribution in [0.5, 0.6) is 0 Å². The first kappa shape index (κ1) is 17.7. The Kier molecular flexibility index (Phi) is 5.13. The molecule has 0 spiro atoms. The van der Waals surface area contributed by atoms with E-state index < -0.39 is 28.8 Å². The van der Waals surface area contributed by atoms with E-state index in [2.05, 4.69) is 15.9 Å². The van der Waals surface area contributed by atoms with E-state index >= 15 is 0 Å². The highest BCUT2D eigenvalue weighted by Crippen LogP contribution is 2.56. The maximum absolute atomic E-state index is 12.4. The fraction of sp³-hybridized carbons (Fsp3) is 0.500. The Morgan fingerprint density at radius 3 is 2.20 bits per heavy atom. The van der Waals surface area contributed by atoms with Gasteiger partial charge in [0.05, 0.1) is 0 Å². The fourth-order valence-electron chi connectivity index (χ4n) is 1.33. The summed E-state index contributed by atoms with van der Waals surface area (Å²) >= 11 is 2.88. The monoisotopic (exact) mass is 399 g/mol. The van der Waals surface area contributed by atoms with Crippen molar-refractivity contribution >= 4 is 33.5 Å². The molecule has 0 aliphatic carbocycles. The Morgan fingerprint density at radius 2 is 1.85 bits per heavy atom. The zero-order valence-electron chi connectivity index (χ0n) is 10.2. The molecule has 6 nitrogen and oxygen atoms in total. The van der Waals surface area contributed by atoms with Crippen molar-refractivity contribution in [1.82, 2.24) is 4.31 Å². The summed E-state index contributed by atoms with van der Waals surface area (Å²) in [6, 6.07) is 0. The van der Waals surface area contributed by atoms with Gasteiger partial charge in [-0.15, -0.1) is 0 Å². The molecule has 0 aromatic carbocycles. The molecule has 1 heterocycles.